The van der Waals surface area contributed by atoms with Crippen molar-refractivity contribution >= 4 is 4.21 Å². The summed E-state index contributed by atoms with van der Waals surface area (Å²) in [6.45, 7) is 17.7. The van der Waals surface area contributed by atoms with Gasteiger partial charge in [0.25, 0.3) is 0 Å². The topological polar surface area (TPSA) is 0 Å². The first-order valence-corrected chi connectivity index (χ1v) is 12.6. The molecule has 0 nitrogen and oxygen atoms in total. The van der Waals surface area contributed by atoms with Crippen molar-refractivity contribution in [2.24, 2.45) is 0 Å². The number of benzene rings is 2. The van der Waals surface area contributed by atoms with E-state index in [1.807, 2.05) is 0 Å². The van der Waals surface area contributed by atoms with Gasteiger partial charge in [-0.2, -0.15) is 46.5 Å². The van der Waals surface area contributed by atoms with Crippen molar-refractivity contribution in [2.45, 2.75) is 73.6 Å². The molecule has 1 aliphatic rings. The van der Waals surface area contributed by atoms with Crippen LogP contribution in [0.4, 0.5) is 0 Å². The van der Waals surface area contributed by atoms with E-state index in [0.717, 1.165) is 12.8 Å². The third kappa shape index (κ3) is 7.31. The summed E-state index contributed by atoms with van der Waals surface area (Å²) in [7, 11) is 0. The van der Waals surface area contributed by atoms with Crippen LogP contribution in [0.3, 0.4) is 0 Å². The molecule has 0 bridgehead atoms. The van der Waals surface area contributed by atoms with E-state index < -0.39 is 0 Å². The molecular formula is C29H36Cl2Zr-2. The van der Waals surface area contributed by atoms with Crippen molar-refractivity contribution in [1.82, 2.24) is 0 Å². The number of fused-ring (bicyclic) bond motifs is 3. The van der Waals surface area contributed by atoms with Gasteiger partial charge >= 0.3 is 28.4 Å². The van der Waals surface area contributed by atoms with E-state index in [1.165, 1.54) is 79.9 Å². The van der Waals surface area contributed by atoms with Gasteiger partial charge in [0.2, 0.25) is 0 Å². The predicted octanol–water partition coefficient (Wildman–Crippen LogP) is 1.53. The van der Waals surface area contributed by atoms with Gasteiger partial charge in [-0.25, -0.2) is 6.07 Å². The zero-order valence-corrected chi connectivity index (χ0v) is 24.8. The first-order chi connectivity index (χ1) is 14.1. The second kappa shape index (κ2) is 13.1. The van der Waals surface area contributed by atoms with Gasteiger partial charge < -0.3 is 24.8 Å². The molecule has 3 heteroatoms. The monoisotopic (exact) mass is 544 g/mol. The standard InChI is InChI=1S/C17H17.C11H17.CH2.2ClH.Zr/c1-10-5-14-9-15-6-11(2)13(4)8-17(15)16(14)7-12(10)3;1-5-9-6-7-10(8-9)11(2,3)4;;;;/h5,7-8H,9H2,1-4H3;6-8H,5H2,1-4H3;1H2;2*1H;/q2*-1;;;;+2/p-2. The summed E-state index contributed by atoms with van der Waals surface area (Å²) < 4.78 is 3.34. The fraction of sp³-hybridized carbons (Fsp3) is 0.379. The van der Waals surface area contributed by atoms with E-state index in [-0.39, 0.29) is 24.8 Å². The van der Waals surface area contributed by atoms with Crippen molar-refractivity contribution < 1.29 is 49.0 Å². The fourth-order valence-corrected chi connectivity index (χ4v) is 3.83. The molecule has 4 rings (SSSR count). The minimum absolute atomic E-state index is 0. The second-order valence-electron chi connectivity index (χ2n) is 9.35. The van der Waals surface area contributed by atoms with Crippen LogP contribution in [0.25, 0.3) is 11.1 Å². The van der Waals surface area contributed by atoms with Gasteiger partial charge in [-0.05, 0) is 37.0 Å². The van der Waals surface area contributed by atoms with E-state index in [4.69, 9.17) is 0 Å². The summed E-state index contributed by atoms with van der Waals surface area (Å²) in [5, 5.41) is 0. The Morgan fingerprint density at radius 2 is 1.47 bits per heavy atom. The Kier molecular flexibility index (Phi) is 12.8. The van der Waals surface area contributed by atoms with Crippen LogP contribution in [0, 0.1) is 33.8 Å². The molecule has 3 aromatic rings. The van der Waals surface area contributed by atoms with Crippen LogP contribution in [0.5, 0.6) is 0 Å². The number of hydrogen-bond donors (Lipinski definition) is 0. The van der Waals surface area contributed by atoms with Gasteiger partial charge in [-0.3, -0.25) is 0 Å². The Morgan fingerprint density at radius 3 is 1.97 bits per heavy atom. The van der Waals surface area contributed by atoms with Gasteiger partial charge in [0, 0.05) is 0 Å². The number of hydrogen-bond acceptors (Lipinski definition) is 0. The molecule has 0 spiro atoms. The molecule has 1 aliphatic carbocycles. The molecule has 32 heavy (non-hydrogen) atoms. The summed E-state index contributed by atoms with van der Waals surface area (Å²) in [4.78, 5) is 0. The maximum atomic E-state index is 3.54. The normalized spacial score (nSPS) is 10.9. The third-order valence-corrected chi connectivity index (χ3v) is 6.08. The Hall–Kier alpha value is -0.877. The quantitative estimate of drug-likeness (QED) is 0.318. The molecule has 0 N–H and O–H groups in total. The molecule has 3 aromatic carbocycles. The van der Waals surface area contributed by atoms with E-state index in [0.29, 0.717) is 5.41 Å². The predicted molar refractivity (Wildman–Crippen MR) is 130 cm³/mol. The summed E-state index contributed by atoms with van der Waals surface area (Å²) in [5.41, 5.74) is 14.3. The Bertz CT molecular complexity index is 967. The van der Waals surface area contributed by atoms with E-state index in [1.54, 1.807) is 0 Å². The van der Waals surface area contributed by atoms with Crippen LogP contribution in [-0.2, 0) is 42.5 Å². The molecule has 0 unspecified atom stereocenters. The Labute approximate surface area is 223 Å². The second-order valence-corrected chi connectivity index (χ2v) is 9.35. The summed E-state index contributed by atoms with van der Waals surface area (Å²) >= 11 is 1.30. The summed E-state index contributed by atoms with van der Waals surface area (Å²) in [6, 6.07) is 17.3. The zero-order valence-electron chi connectivity index (χ0n) is 20.8. The zero-order chi connectivity index (χ0) is 22.6. The molecule has 0 aromatic heterocycles. The summed E-state index contributed by atoms with van der Waals surface area (Å²) in [5.74, 6) is 0. The maximum Gasteiger partial charge on any atom is -1.00 e. The smallest absolute Gasteiger partial charge is 1.00 e. The van der Waals surface area contributed by atoms with Gasteiger partial charge in [0.05, 0.1) is 0 Å². The Balaban J connectivity index is 0.000000565. The van der Waals surface area contributed by atoms with Crippen LogP contribution in [0.15, 0.2) is 36.4 Å². The van der Waals surface area contributed by atoms with Gasteiger partial charge in [0.15, 0.2) is 0 Å². The molecule has 0 saturated heterocycles. The van der Waals surface area contributed by atoms with Crippen LogP contribution < -0.4 is 24.8 Å². The molecule has 0 saturated carbocycles. The van der Waals surface area contributed by atoms with Crippen molar-refractivity contribution in [1.29, 1.82) is 0 Å². The van der Waals surface area contributed by atoms with E-state index >= 15 is 0 Å². The van der Waals surface area contributed by atoms with Gasteiger partial charge in [-0.15, -0.1) is 11.1 Å². The number of aryl methyl sites for hydroxylation is 5. The van der Waals surface area contributed by atoms with Crippen LogP contribution >= 0.6 is 0 Å². The molecule has 172 valence electrons. The fourth-order valence-electron chi connectivity index (χ4n) is 3.83. The molecule has 0 aliphatic heterocycles. The molecular weight excluding hydrogens is 510 g/mol. The third-order valence-electron chi connectivity index (χ3n) is 6.08. The molecule has 0 fully saturated rings. The van der Waals surface area contributed by atoms with Crippen molar-refractivity contribution in [2.75, 3.05) is 0 Å². The largest absolute Gasteiger partial charge is 1.00 e. The first-order valence-electron chi connectivity index (χ1n) is 10.8. The van der Waals surface area contributed by atoms with Crippen molar-refractivity contribution in [3.8, 4) is 11.1 Å². The molecule has 0 amide bonds. The van der Waals surface area contributed by atoms with Crippen LogP contribution in [0.2, 0.25) is 0 Å². The SMILES string of the molecule is CCc1cc(C(C)(C)C)c[cH-]1.Cc1[c-]c2c(cc1C)-c1cc(C)c(C)cc1C2.[CH2]=[Zr+2].[Cl-].[Cl-]. The van der Waals surface area contributed by atoms with E-state index in [9.17, 15) is 0 Å². The van der Waals surface area contributed by atoms with Crippen LogP contribution in [-0.4, -0.2) is 4.21 Å². The van der Waals surface area contributed by atoms with Crippen molar-refractivity contribution in [3.05, 3.63) is 87.0 Å². The number of rotatable bonds is 1. The van der Waals surface area contributed by atoms with Gasteiger partial charge in [-0.1, -0.05) is 71.1 Å². The molecule has 0 radical (unpaired) electrons. The minimum Gasteiger partial charge on any atom is -1.00 e. The minimum atomic E-state index is 0. The van der Waals surface area contributed by atoms with E-state index in [2.05, 4.69) is 102 Å². The average Bonchev–Trinajstić information content (AvgIpc) is 3.30. The molecule has 0 atom stereocenters. The van der Waals surface area contributed by atoms with Crippen molar-refractivity contribution in [3.63, 3.8) is 0 Å². The number of halogens is 2. The summed E-state index contributed by atoms with van der Waals surface area (Å²) in [6.07, 6.45) is 2.20. The maximum absolute atomic E-state index is 3.54. The first kappa shape index (κ1) is 31.1. The molecule has 0 heterocycles. The Morgan fingerprint density at radius 1 is 0.906 bits per heavy atom. The average molecular weight is 547 g/mol. The van der Waals surface area contributed by atoms with Crippen LogP contribution in [0.1, 0.15) is 72.2 Å². The van der Waals surface area contributed by atoms with Gasteiger partial charge in [0.1, 0.15) is 0 Å².